The van der Waals surface area contributed by atoms with Gasteiger partial charge in [0.15, 0.2) is 5.82 Å². The van der Waals surface area contributed by atoms with Crippen LogP contribution in [0.3, 0.4) is 0 Å². The maximum atomic E-state index is 9.46. The van der Waals surface area contributed by atoms with Gasteiger partial charge in [-0.3, -0.25) is 0 Å². The third-order valence-electron chi connectivity index (χ3n) is 4.73. The van der Waals surface area contributed by atoms with Crippen LogP contribution in [0.2, 0.25) is 0 Å². The van der Waals surface area contributed by atoms with Crippen molar-refractivity contribution in [2.75, 3.05) is 26.2 Å². The monoisotopic (exact) mass is 340 g/mol. The Hall–Kier alpha value is -1.82. The summed E-state index contributed by atoms with van der Waals surface area (Å²) in [6.07, 6.45) is 5.99. The highest BCUT2D eigenvalue weighted by Gasteiger charge is 2.19. The molecule has 0 spiro atoms. The van der Waals surface area contributed by atoms with Crippen LogP contribution in [-0.2, 0) is 6.54 Å². The van der Waals surface area contributed by atoms with Crippen molar-refractivity contribution in [3.8, 4) is 11.4 Å². The minimum atomic E-state index is -0.228. The van der Waals surface area contributed by atoms with Crippen LogP contribution in [0.5, 0.6) is 0 Å². The predicted octanol–water partition coefficient (Wildman–Crippen LogP) is 2.33. The average Bonchev–Trinajstić information content (AvgIpc) is 2.64. The molecule has 1 aromatic carbocycles. The second kappa shape index (κ2) is 9.04. The minimum Gasteiger partial charge on any atom is -0.392 e. The quantitative estimate of drug-likeness (QED) is 0.810. The first-order chi connectivity index (χ1) is 12.2. The predicted molar refractivity (Wildman–Crippen MR) is 100 cm³/mol. The molecule has 1 fully saturated rings. The fourth-order valence-corrected chi connectivity index (χ4v) is 3.35. The number of aliphatic hydroxyl groups is 1. The number of aromatic nitrogens is 2. The highest BCUT2D eigenvalue weighted by molar-refractivity contribution is 5.53. The molecule has 134 valence electrons. The van der Waals surface area contributed by atoms with Crippen molar-refractivity contribution >= 4 is 0 Å². The van der Waals surface area contributed by atoms with Gasteiger partial charge in [-0.1, -0.05) is 30.3 Å². The molecule has 0 aliphatic carbocycles. The van der Waals surface area contributed by atoms with Crippen LogP contribution in [0.4, 0.5) is 0 Å². The molecule has 2 N–H and O–H groups in total. The van der Waals surface area contributed by atoms with Crippen LogP contribution in [0.25, 0.3) is 11.4 Å². The second-order valence-corrected chi connectivity index (χ2v) is 7.00. The zero-order valence-electron chi connectivity index (χ0n) is 14.9. The van der Waals surface area contributed by atoms with E-state index in [1.165, 1.54) is 12.8 Å². The van der Waals surface area contributed by atoms with Gasteiger partial charge in [0, 0.05) is 36.6 Å². The Bertz CT molecular complexity index is 622. The number of β-amino-alcohol motifs (C(OH)–C–C–N with tert-alkyl or cyclic N) is 1. The molecule has 0 bridgehead atoms. The van der Waals surface area contributed by atoms with Crippen molar-refractivity contribution < 1.29 is 5.11 Å². The summed E-state index contributed by atoms with van der Waals surface area (Å²) in [6, 6.07) is 10.0. The summed E-state index contributed by atoms with van der Waals surface area (Å²) in [4.78, 5) is 11.3. The number of likely N-dealkylation sites (tertiary alicyclic amines) is 1. The molecule has 3 rings (SSSR count). The topological polar surface area (TPSA) is 61.3 Å². The van der Waals surface area contributed by atoms with Gasteiger partial charge in [-0.05, 0) is 45.3 Å². The summed E-state index contributed by atoms with van der Waals surface area (Å²) >= 11 is 0. The van der Waals surface area contributed by atoms with E-state index in [0.717, 1.165) is 55.6 Å². The Morgan fingerprint density at radius 2 is 1.84 bits per heavy atom. The number of benzene rings is 1. The summed E-state index contributed by atoms with van der Waals surface area (Å²) in [5.74, 6) is 1.49. The Balaban J connectivity index is 1.40. The summed E-state index contributed by atoms with van der Waals surface area (Å²) < 4.78 is 0. The summed E-state index contributed by atoms with van der Waals surface area (Å²) in [5, 5.41) is 13.0. The molecule has 2 heterocycles. The Kier molecular flexibility index (Phi) is 6.50. The molecule has 5 heteroatoms. The van der Waals surface area contributed by atoms with E-state index in [-0.39, 0.29) is 6.10 Å². The lowest BCUT2D eigenvalue weighted by Crippen LogP contribution is -2.40. The molecule has 0 radical (unpaired) electrons. The highest BCUT2D eigenvalue weighted by atomic mass is 16.3. The number of nitrogens with zero attached hydrogens (tertiary/aromatic N) is 3. The summed E-state index contributed by atoms with van der Waals surface area (Å²) in [5.41, 5.74) is 2.16. The molecule has 0 unspecified atom stereocenters. The van der Waals surface area contributed by atoms with Gasteiger partial charge in [0.25, 0.3) is 0 Å². The number of nitrogens with one attached hydrogen (secondary N) is 1. The van der Waals surface area contributed by atoms with Gasteiger partial charge in [-0.25, -0.2) is 9.97 Å². The lowest BCUT2D eigenvalue weighted by molar-refractivity contribution is 0.0998. The fourth-order valence-electron chi connectivity index (χ4n) is 3.35. The van der Waals surface area contributed by atoms with Crippen molar-refractivity contribution in [3.63, 3.8) is 0 Å². The molecule has 1 aliphatic rings. The van der Waals surface area contributed by atoms with Gasteiger partial charge < -0.3 is 15.3 Å². The molecule has 0 saturated carbocycles. The van der Waals surface area contributed by atoms with Gasteiger partial charge in [0.05, 0.1) is 6.10 Å². The number of piperidine rings is 1. The molecule has 25 heavy (non-hydrogen) atoms. The number of hydrogen-bond donors (Lipinski definition) is 2. The molecule has 5 nitrogen and oxygen atoms in total. The minimum absolute atomic E-state index is 0.228. The molecule has 1 aromatic heterocycles. The van der Waals surface area contributed by atoms with Crippen LogP contribution in [-0.4, -0.2) is 52.3 Å². The molecule has 1 saturated heterocycles. The maximum Gasteiger partial charge on any atom is 0.159 e. The Morgan fingerprint density at radius 3 is 2.48 bits per heavy atom. The fraction of sp³-hybridized carbons (Fsp3) is 0.500. The van der Waals surface area contributed by atoms with E-state index in [1.54, 1.807) is 0 Å². The smallest absolute Gasteiger partial charge is 0.159 e. The van der Waals surface area contributed by atoms with Gasteiger partial charge in [-0.15, -0.1) is 0 Å². The standard InChI is InChI=1S/C20H28N4O/c1-16(25)15-24-9-7-17(8-10-24)11-21-12-18-13-22-20(23-14-18)19-5-3-2-4-6-19/h2-6,13-14,16-17,21,25H,7-12,15H2,1H3/t16-/m1/s1. The van der Waals surface area contributed by atoms with E-state index >= 15 is 0 Å². The first-order valence-corrected chi connectivity index (χ1v) is 9.18. The van der Waals surface area contributed by atoms with Crippen molar-refractivity contribution in [2.24, 2.45) is 5.92 Å². The van der Waals surface area contributed by atoms with Crippen LogP contribution in [0, 0.1) is 5.92 Å². The largest absolute Gasteiger partial charge is 0.392 e. The third kappa shape index (κ3) is 5.59. The normalized spacial score (nSPS) is 17.5. The van der Waals surface area contributed by atoms with Gasteiger partial charge in [0.2, 0.25) is 0 Å². The molecule has 1 aliphatic heterocycles. The molecule has 0 amide bonds. The first kappa shape index (κ1) is 18.0. The molecular formula is C20H28N4O. The SMILES string of the molecule is C[C@@H](O)CN1CCC(CNCc2cnc(-c3ccccc3)nc2)CC1. The molecule has 2 aromatic rings. The number of rotatable bonds is 7. The lowest BCUT2D eigenvalue weighted by atomic mass is 9.96. The van der Waals surface area contributed by atoms with E-state index in [4.69, 9.17) is 0 Å². The van der Waals surface area contributed by atoms with Gasteiger partial charge >= 0.3 is 0 Å². The maximum absolute atomic E-state index is 9.46. The number of hydrogen-bond acceptors (Lipinski definition) is 5. The zero-order valence-corrected chi connectivity index (χ0v) is 14.9. The molecular weight excluding hydrogens is 312 g/mol. The van der Waals surface area contributed by atoms with E-state index in [0.29, 0.717) is 0 Å². The van der Waals surface area contributed by atoms with Crippen LogP contribution in [0.1, 0.15) is 25.3 Å². The highest BCUT2D eigenvalue weighted by Crippen LogP contribution is 2.17. The van der Waals surface area contributed by atoms with Crippen LogP contribution < -0.4 is 5.32 Å². The second-order valence-electron chi connectivity index (χ2n) is 7.00. The summed E-state index contributed by atoms with van der Waals surface area (Å²) in [7, 11) is 0. The van der Waals surface area contributed by atoms with Gasteiger partial charge in [0.1, 0.15) is 0 Å². The van der Waals surface area contributed by atoms with Crippen molar-refractivity contribution in [1.82, 2.24) is 20.2 Å². The van der Waals surface area contributed by atoms with Crippen molar-refractivity contribution in [2.45, 2.75) is 32.4 Å². The Labute approximate surface area is 150 Å². The molecule has 1 atom stereocenters. The van der Waals surface area contributed by atoms with Gasteiger partial charge in [-0.2, -0.15) is 0 Å². The first-order valence-electron chi connectivity index (χ1n) is 9.18. The Morgan fingerprint density at radius 1 is 1.16 bits per heavy atom. The third-order valence-corrected chi connectivity index (χ3v) is 4.73. The average molecular weight is 340 g/mol. The number of aliphatic hydroxyl groups excluding tert-OH is 1. The zero-order chi connectivity index (χ0) is 17.5. The van der Waals surface area contributed by atoms with Crippen molar-refractivity contribution in [1.29, 1.82) is 0 Å². The van der Waals surface area contributed by atoms with Crippen LogP contribution in [0.15, 0.2) is 42.7 Å². The van der Waals surface area contributed by atoms with E-state index < -0.39 is 0 Å². The van der Waals surface area contributed by atoms with E-state index in [9.17, 15) is 5.11 Å². The summed E-state index contributed by atoms with van der Waals surface area (Å²) in [6.45, 7) is 6.67. The van der Waals surface area contributed by atoms with E-state index in [1.807, 2.05) is 49.6 Å². The van der Waals surface area contributed by atoms with Crippen LogP contribution >= 0.6 is 0 Å². The lowest BCUT2D eigenvalue weighted by Gasteiger charge is -2.32. The van der Waals surface area contributed by atoms with E-state index in [2.05, 4.69) is 20.2 Å². The van der Waals surface area contributed by atoms with Crippen molar-refractivity contribution in [3.05, 3.63) is 48.3 Å².